The van der Waals surface area contributed by atoms with Crippen molar-refractivity contribution in [1.82, 2.24) is 0 Å². The first-order valence-electron chi connectivity index (χ1n) is 17.7. The van der Waals surface area contributed by atoms with Crippen LogP contribution in [0.25, 0.3) is 28.3 Å². The molecule has 0 amide bonds. The van der Waals surface area contributed by atoms with E-state index in [2.05, 4.69) is 134 Å². The Bertz CT molecular complexity index is 2160. The molecule has 0 spiro atoms. The van der Waals surface area contributed by atoms with Crippen molar-refractivity contribution in [2.45, 2.75) is 53.0 Å². The van der Waals surface area contributed by atoms with Crippen molar-refractivity contribution in [1.29, 1.82) is 0 Å². The van der Waals surface area contributed by atoms with Gasteiger partial charge in [-0.1, -0.05) is 124 Å². The summed E-state index contributed by atoms with van der Waals surface area (Å²) in [6.07, 6.45) is 25.7. The topological polar surface area (TPSA) is 50.7 Å². The van der Waals surface area contributed by atoms with E-state index < -0.39 is 0 Å². The fraction of sp³-hybridized carbons (Fsp3) is 0.170. The third-order valence-corrected chi connectivity index (χ3v) is 9.43. The van der Waals surface area contributed by atoms with E-state index in [-0.39, 0.29) is 6.04 Å². The molecule has 1 unspecified atom stereocenters. The third-order valence-electron chi connectivity index (χ3n) is 9.43. The highest BCUT2D eigenvalue weighted by Crippen LogP contribution is 2.36. The zero-order valence-electron chi connectivity index (χ0n) is 29.6. The summed E-state index contributed by atoms with van der Waals surface area (Å²) in [6.45, 7) is 12.5. The lowest BCUT2D eigenvalue weighted by atomic mass is 9.84. The van der Waals surface area contributed by atoms with Gasteiger partial charge in [0.15, 0.2) is 0 Å². The Morgan fingerprint density at radius 1 is 0.940 bits per heavy atom. The number of nitrogens with two attached hydrogens (primary N) is 1. The lowest BCUT2D eigenvalue weighted by Crippen LogP contribution is -2.10. The first-order valence-corrected chi connectivity index (χ1v) is 17.7. The van der Waals surface area contributed by atoms with Gasteiger partial charge < -0.3 is 5.73 Å². The van der Waals surface area contributed by atoms with Gasteiger partial charge in [0.1, 0.15) is 0 Å². The number of fused-ring (bicyclic) bond motifs is 1. The number of rotatable bonds is 6. The van der Waals surface area contributed by atoms with Gasteiger partial charge in [-0.05, 0) is 112 Å². The molecule has 0 aromatic heterocycles. The summed E-state index contributed by atoms with van der Waals surface area (Å²) in [5.74, 6) is 0. The van der Waals surface area contributed by atoms with E-state index in [0.29, 0.717) is 0 Å². The van der Waals surface area contributed by atoms with E-state index in [4.69, 9.17) is 10.7 Å². The molecule has 3 heteroatoms. The molecule has 0 radical (unpaired) electrons. The van der Waals surface area contributed by atoms with E-state index in [1.807, 2.05) is 44.5 Å². The molecule has 0 saturated carbocycles. The molecule has 50 heavy (non-hydrogen) atoms. The molecule has 3 nitrogen and oxygen atoms in total. The minimum Gasteiger partial charge on any atom is -0.398 e. The van der Waals surface area contributed by atoms with Gasteiger partial charge in [0.25, 0.3) is 0 Å². The highest BCUT2D eigenvalue weighted by Gasteiger charge is 2.20. The van der Waals surface area contributed by atoms with Crippen molar-refractivity contribution in [3.05, 3.63) is 184 Å². The summed E-state index contributed by atoms with van der Waals surface area (Å²) >= 11 is 0. The molecule has 0 fully saturated rings. The lowest BCUT2D eigenvalue weighted by molar-refractivity contribution is 0.755. The van der Waals surface area contributed by atoms with Crippen LogP contribution in [0.4, 0.5) is 5.69 Å². The van der Waals surface area contributed by atoms with Crippen LogP contribution < -0.4 is 5.73 Å². The summed E-state index contributed by atoms with van der Waals surface area (Å²) in [7, 11) is 0. The van der Waals surface area contributed by atoms with Gasteiger partial charge in [-0.3, -0.25) is 9.98 Å². The van der Waals surface area contributed by atoms with Crippen LogP contribution in [0.2, 0.25) is 0 Å². The van der Waals surface area contributed by atoms with Crippen LogP contribution in [0, 0.1) is 0 Å². The molecule has 7 rings (SSSR count). The largest absolute Gasteiger partial charge is 0.398 e. The molecule has 3 aromatic rings. The van der Waals surface area contributed by atoms with Crippen LogP contribution in [0.1, 0.15) is 62.8 Å². The van der Waals surface area contributed by atoms with Crippen molar-refractivity contribution < 1.29 is 0 Å². The van der Waals surface area contributed by atoms with E-state index in [0.717, 1.165) is 64.1 Å². The quantitative estimate of drug-likeness (QED) is 0.161. The van der Waals surface area contributed by atoms with Crippen molar-refractivity contribution in [3.63, 3.8) is 0 Å². The van der Waals surface area contributed by atoms with Gasteiger partial charge in [-0.2, -0.15) is 0 Å². The van der Waals surface area contributed by atoms with Crippen molar-refractivity contribution >= 4 is 34.8 Å². The van der Waals surface area contributed by atoms with Crippen LogP contribution in [0.15, 0.2) is 172 Å². The molecule has 248 valence electrons. The maximum absolute atomic E-state index is 6.88. The van der Waals surface area contributed by atoms with Crippen molar-refractivity contribution in [3.8, 4) is 11.1 Å². The Morgan fingerprint density at radius 3 is 2.56 bits per heavy atom. The Morgan fingerprint density at radius 2 is 1.76 bits per heavy atom. The number of allylic oxidation sites excluding steroid dienone is 12. The first-order chi connectivity index (χ1) is 24.5. The van der Waals surface area contributed by atoms with Gasteiger partial charge in [0.2, 0.25) is 0 Å². The second-order valence-electron chi connectivity index (χ2n) is 12.5. The van der Waals surface area contributed by atoms with E-state index in [1.54, 1.807) is 0 Å². The predicted octanol–water partition coefficient (Wildman–Crippen LogP) is 11.7. The molecule has 2 N–H and O–H groups in total. The first kappa shape index (κ1) is 34.1. The monoisotopic (exact) mass is 651 g/mol. The summed E-state index contributed by atoms with van der Waals surface area (Å²) in [4.78, 5) is 9.70. The Kier molecular flexibility index (Phi) is 10.7. The van der Waals surface area contributed by atoms with Crippen LogP contribution in [-0.4, -0.2) is 18.0 Å². The number of nitrogens with zero attached hydrogens (tertiary/aromatic N) is 2. The highest BCUT2D eigenvalue weighted by atomic mass is 14.8. The van der Waals surface area contributed by atoms with Crippen LogP contribution in [0.3, 0.4) is 0 Å². The van der Waals surface area contributed by atoms with Crippen molar-refractivity contribution in [2.75, 3.05) is 5.73 Å². The van der Waals surface area contributed by atoms with Crippen molar-refractivity contribution in [2.24, 2.45) is 9.98 Å². The predicted molar refractivity (Wildman–Crippen MR) is 217 cm³/mol. The van der Waals surface area contributed by atoms with Gasteiger partial charge in [0, 0.05) is 35.0 Å². The van der Waals surface area contributed by atoms with E-state index in [9.17, 15) is 0 Å². The van der Waals surface area contributed by atoms with Gasteiger partial charge in [-0.25, -0.2) is 0 Å². The normalized spacial score (nSPS) is 21.2. The second kappa shape index (κ2) is 15.6. The van der Waals surface area contributed by atoms with Crippen LogP contribution in [0.5, 0.6) is 0 Å². The molecule has 1 atom stereocenters. The van der Waals surface area contributed by atoms with E-state index >= 15 is 0 Å². The summed E-state index contributed by atoms with van der Waals surface area (Å²) in [5.41, 5.74) is 26.7. The number of anilines is 1. The average Bonchev–Trinajstić information content (AvgIpc) is 3.63. The smallest absolute Gasteiger partial charge is 0.0761 e. The Balaban J connectivity index is 0.00000212. The maximum Gasteiger partial charge on any atom is 0.0761 e. The summed E-state index contributed by atoms with van der Waals surface area (Å²) in [5, 5.41) is 0. The number of hydrogen-bond donors (Lipinski definition) is 1. The minimum atomic E-state index is 0.121. The molecule has 1 aliphatic heterocycles. The van der Waals surface area contributed by atoms with Gasteiger partial charge >= 0.3 is 0 Å². The van der Waals surface area contributed by atoms with Gasteiger partial charge in [-0.15, -0.1) is 5.73 Å². The molecule has 0 saturated heterocycles. The third kappa shape index (κ3) is 7.29. The number of benzene rings is 3. The molecule has 0 bridgehead atoms. The Hall–Kier alpha value is -5.76. The molecular weight excluding hydrogens is 607 g/mol. The summed E-state index contributed by atoms with van der Waals surface area (Å²) < 4.78 is 0. The van der Waals surface area contributed by atoms with Crippen LogP contribution >= 0.6 is 0 Å². The highest BCUT2D eigenvalue weighted by molar-refractivity contribution is 6.25. The minimum absolute atomic E-state index is 0.121. The van der Waals surface area contributed by atoms with E-state index in [1.165, 1.54) is 39.0 Å². The lowest BCUT2D eigenvalue weighted by Gasteiger charge is -2.21. The number of nitrogen functional groups attached to an aromatic ring is 1. The molecule has 4 aliphatic rings. The fourth-order valence-electron chi connectivity index (χ4n) is 6.78. The average molecular weight is 652 g/mol. The summed E-state index contributed by atoms with van der Waals surface area (Å²) in [6, 6.07) is 23.7. The zero-order chi connectivity index (χ0) is 35.0. The van der Waals surface area contributed by atoms with Crippen LogP contribution in [-0.2, 0) is 6.42 Å². The number of dihydropyridines is 1. The zero-order valence-corrected chi connectivity index (χ0v) is 29.6. The molecule has 3 aliphatic carbocycles. The van der Waals surface area contributed by atoms with Gasteiger partial charge in [0.05, 0.1) is 6.04 Å². The standard InChI is InChI=1S/C45H39N3.C2H6/c1-4-44-39(13-9-25-47-44)29-48-31(3)45(42-24-23-37(28-43(42)46)32-10-6-5-7-11-32)38-22-19-34-18-21-36(26-40(34)27-38)33-16-15-30(2)41-14-8-12-35(41)20-17-33;1-2/h5-7,9-19,21-26,28-29,44H,2,4,20,27,46H2,1,3H3;1-2H3/b16-15-,33-17+,39-29-,45-38-,48-31-;. The molecule has 3 aromatic carbocycles. The molecular formula is C47H45N3. The number of hydrogen-bond acceptors (Lipinski definition) is 3. The Labute approximate surface area is 297 Å². The number of aliphatic imine (C=N–C) groups is 2. The molecule has 1 heterocycles. The SMILES string of the molecule is C=C1/C=C\C(c2ccc3c(c2)C/C(=C(/C(C)=N\C=C2\C=CC=NC2CC)c2ccc(-c4ccccc4)cc2N)C=C3)=C/CC2=C1C=C=C2.CC. The fourth-order valence-corrected chi connectivity index (χ4v) is 6.78. The second-order valence-corrected chi connectivity index (χ2v) is 12.5. The maximum atomic E-state index is 6.88.